The van der Waals surface area contributed by atoms with Crippen molar-refractivity contribution in [1.82, 2.24) is 0 Å². The number of hydrogen-bond acceptors (Lipinski definition) is 2. The molecule has 0 bridgehead atoms. The van der Waals surface area contributed by atoms with E-state index >= 15 is 0 Å². The lowest BCUT2D eigenvalue weighted by molar-refractivity contribution is -0.147. The zero-order valence-corrected chi connectivity index (χ0v) is 11.4. The minimum Gasteiger partial charge on any atom is -0.348 e. The Balaban J connectivity index is 2.08. The van der Waals surface area contributed by atoms with Crippen molar-refractivity contribution in [1.29, 1.82) is 0 Å². The van der Waals surface area contributed by atoms with Crippen LogP contribution < -0.4 is 0 Å². The molecule has 0 spiro atoms. The molecule has 0 aromatic heterocycles. The normalized spacial score (nSPS) is 22.5. The zero-order chi connectivity index (χ0) is 10.4. The predicted octanol–water partition coefficient (Wildman–Crippen LogP) is 3.38. The molecular formula is C11H21IO2. The third-order valence-electron chi connectivity index (χ3n) is 2.83. The maximum absolute atomic E-state index is 5.56. The molecule has 0 aliphatic carbocycles. The Bertz CT molecular complexity index is 155. The van der Waals surface area contributed by atoms with Gasteiger partial charge in [-0.2, -0.15) is 0 Å². The van der Waals surface area contributed by atoms with Crippen LogP contribution in [0.1, 0.15) is 39.5 Å². The van der Waals surface area contributed by atoms with Crippen LogP contribution in [0.4, 0.5) is 0 Å². The summed E-state index contributed by atoms with van der Waals surface area (Å²) in [6.07, 6.45) is 4.89. The van der Waals surface area contributed by atoms with Gasteiger partial charge in [-0.3, -0.25) is 0 Å². The first kappa shape index (κ1) is 12.7. The van der Waals surface area contributed by atoms with E-state index in [1.807, 2.05) is 0 Å². The first-order chi connectivity index (χ1) is 6.66. The van der Waals surface area contributed by atoms with Crippen LogP contribution >= 0.6 is 22.6 Å². The van der Waals surface area contributed by atoms with E-state index in [0.29, 0.717) is 0 Å². The molecular weight excluding hydrogens is 291 g/mol. The van der Waals surface area contributed by atoms with E-state index in [0.717, 1.165) is 25.6 Å². The number of rotatable bonds is 6. The van der Waals surface area contributed by atoms with Crippen molar-refractivity contribution in [2.45, 2.75) is 45.3 Å². The Labute approximate surface area is 101 Å². The highest BCUT2D eigenvalue weighted by Gasteiger charge is 2.29. The largest absolute Gasteiger partial charge is 0.348 e. The lowest BCUT2D eigenvalue weighted by atomic mass is 9.99. The summed E-state index contributed by atoms with van der Waals surface area (Å²) in [5.74, 6) is 0.571. The van der Waals surface area contributed by atoms with E-state index in [2.05, 4.69) is 36.4 Å². The van der Waals surface area contributed by atoms with Crippen molar-refractivity contribution in [2.24, 2.45) is 5.92 Å². The number of hydrogen-bond donors (Lipinski definition) is 0. The molecule has 1 rings (SSSR count). The Morgan fingerprint density at radius 2 is 1.93 bits per heavy atom. The fraction of sp³-hybridized carbons (Fsp3) is 1.00. The molecule has 84 valence electrons. The third-order valence-corrected chi connectivity index (χ3v) is 3.45. The van der Waals surface area contributed by atoms with Gasteiger partial charge >= 0.3 is 0 Å². The molecule has 0 radical (unpaired) electrons. The molecule has 1 fully saturated rings. The molecule has 0 N–H and O–H groups in total. The van der Waals surface area contributed by atoms with Crippen LogP contribution in [0.2, 0.25) is 0 Å². The van der Waals surface area contributed by atoms with Gasteiger partial charge in [0.2, 0.25) is 0 Å². The highest BCUT2D eigenvalue weighted by molar-refractivity contribution is 14.1. The SMILES string of the molecule is CC(CCI)CCCC1(C)OCCO1. The van der Waals surface area contributed by atoms with Gasteiger partial charge in [0.25, 0.3) is 0 Å². The molecule has 1 saturated heterocycles. The minimum absolute atomic E-state index is 0.274. The lowest BCUT2D eigenvalue weighted by Gasteiger charge is -2.22. The van der Waals surface area contributed by atoms with Crippen molar-refractivity contribution in [3.8, 4) is 0 Å². The number of ether oxygens (including phenoxy) is 2. The van der Waals surface area contributed by atoms with E-state index in [-0.39, 0.29) is 5.79 Å². The molecule has 1 unspecified atom stereocenters. The molecule has 0 aromatic carbocycles. The Morgan fingerprint density at radius 1 is 1.29 bits per heavy atom. The van der Waals surface area contributed by atoms with Gasteiger partial charge in [0, 0.05) is 6.42 Å². The van der Waals surface area contributed by atoms with Gasteiger partial charge in [-0.05, 0) is 30.1 Å². The minimum atomic E-state index is -0.274. The molecule has 1 aliphatic rings. The first-order valence-electron chi connectivity index (χ1n) is 5.50. The van der Waals surface area contributed by atoms with Gasteiger partial charge in [0.1, 0.15) is 0 Å². The molecule has 3 heteroatoms. The summed E-state index contributed by atoms with van der Waals surface area (Å²) in [5, 5.41) is 0. The van der Waals surface area contributed by atoms with E-state index < -0.39 is 0 Å². The van der Waals surface area contributed by atoms with Crippen LogP contribution in [0, 0.1) is 5.92 Å². The standard InChI is InChI=1S/C11H21IO2/c1-10(5-7-12)4-3-6-11(2)13-8-9-14-11/h10H,3-9H2,1-2H3. The predicted molar refractivity (Wildman–Crippen MR) is 66.8 cm³/mol. The van der Waals surface area contributed by atoms with Crippen molar-refractivity contribution >= 4 is 22.6 Å². The lowest BCUT2D eigenvalue weighted by Crippen LogP contribution is -2.25. The van der Waals surface area contributed by atoms with Gasteiger partial charge in [0.15, 0.2) is 5.79 Å². The van der Waals surface area contributed by atoms with Crippen LogP contribution in [0.3, 0.4) is 0 Å². The number of alkyl halides is 1. The molecule has 1 aliphatic heterocycles. The molecule has 1 atom stereocenters. The van der Waals surface area contributed by atoms with E-state index in [4.69, 9.17) is 9.47 Å². The van der Waals surface area contributed by atoms with Gasteiger partial charge in [0.05, 0.1) is 13.2 Å². The summed E-state index contributed by atoms with van der Waals surface area (Å²) >= 11 is 2.45. The maximum atomic E-state index is 5.56. The summed E-state index contributed by atoms with van der Waals surface area (Å²) in [6, 6.07) is 0. The Hall–Kier alpha value is 0.650. The summed E-state index contributed by atoms with van der Waals surface area (Å²) in [5.41, 5.74) is 0. The third kappa shape index (κ3) is 4.45. The van der Waals surface area contributed by atoms with Crippen molar-refractivity contribution in [2.75, 3.05) is 17.6 Å². The molecule has 14 heavy (non-hydrogen) atoms. The van der Waals surface area contributed by atoms with Crippen LogP contribution in [-0.4, -0.2) is 23.4 Å². The van der Waals surface area contributed by atoms with Crippen molar-refractivity contribution in [3.05, 3.63) is 0 Å². The molecule has 2 nitrogen and oxygen atoms in total. The smallest absolute Gasteiger partial charge is 0.165 e. The molecule has 0 amide bonds. The van der Waals surface area contributed by atoms with Crippen molar-refractivity contribution < 1.29 is 9.47 Å². The Kier molecular flexibility index (Phi) is 5.71. The van der Waals surface area contributed by atoms with E-state index in [1.165, 1.54) is 23.7 Å². The molecule has 0 saturated carbocycles. The average Bonchev–Trinajstić information content (AvgIpc) is 2.53. The second-order valence-corrected chi connectivity index (χ2v) is 5.38. The van der Waals surface area contributed by atoms with Gasteiger partial charge in [-0.15, -0.1) is 0 Å². The van der Waals surface area contributed by atoms with Gasteiger partial charge in [-0.25, -0.2) is 0 Å². The van der Waals surface area contributed by atoms with Gasteiger partial charge < -0.3 is 9.47 Å². The fourth-order valence-electron chi connectivity index (χ4n) is 1.80. The van der Waals surface area contributed by atoms with E-state index in [1.54, 1.807) is 0 Å². The fourth-order valence-corrected chi connectivity index (χ4v) is 2.87. The second-order valence-electron chi connectivity index (χ2n) is 4.31. The Morgan fingerprint density at radius 3 is 2.50 bits per heavy atom. The quantitative estimate of drug-likeness (QED) is 0.553. The van der Waals surface area contributed by atoms with Gasteiger partial charge in [-0.1, -0.05) is 35.9 Å². The van der Waals surface area contributed by atoms with Crippen LogP contribution in [0.15, 0.2) is 0 Å². The second kappa shape index (κ2) is 6.28. The summed E-state index contributed by atoms with van der Waals surface area (Å²) in [7, 11) is 0. The summed E-state index contributed by atoms with van der Waals surface area (Å²) in [4.78, 5) is 0. The average molecular weight is 312 g/mol. The maximum Gasteiger partial charge on any atom is 0.165 e. The van der Waals surface area contributed by atoms with Crippen LogP contribution in [0.25, 0.3) is 0 Å². The zero-order valence-electron chi connectivity index (χ0n) is 9.22. The van der Waals surface area contributed by atoms with E-state index in [9.17, 15) is 0 Å². The van der Waals surface area contributed by atoms with Crippen molar-refractivity contribution in [3.63, 3.8) is 0 Å². The summed E-state index contributed by atoms with van der Waals surface area (Å²) in [6.45, 7) is 5.92. The number of halogens is 1. The highest BCUT2D eigenvalue weighted by atomic mass is 127. The summed E-state index contributed by atoms with van der Waals surface area (Å²) < 4.78 is 12.4. The molecule has 0 aromatic rings. The van der Waals surface area contributed by atoms with Crippen LogP contribution in [-0.2, 0) is 9.47 Å². The van der Waals surface area contributed by atoms with Crippen LogP contribution in [0.5, 0.6) is 0 Å². The molecule has 1 heterocycles. The monoisotopic (exact) mass is 312 g/mol. The first-order valence-corrected chi connectivity index (χ1v) is 7.03. The highest BCUT2D eigenvalue weighted by Crippen LogP contribution is 2.26. The topological polar surface area (TPSA) is 18.5 Å².